The molecule has 1 aliphatic rings. The molecule has 0 saturated heterocycles. The van der Waals surface area contributed by atoms with Crippen LogP contribution in [0.25, 0.3) is 0 Å². The van der Waals surface area contributed by atoms with Gasteiger partial charge in [0.15, 0.2) is 11.8 Å². The van der Waals surface area contributed by atoms with E-state index in [4.69, 9.17) is 4.99 Å². The Bertz CT molecular complexity index is 744. The van der Waals surface area contributed by atoms with E-state index in [1.165, 1.54) is 36.3 Å². The van der Waals surface area contributed by atoms with Gasteiger partial charge in [0.25, 0.3) is 0 Å². The molecule has 1 aliphatic carbocycles. The summed E-state index contributed by atoms with van der Waals surface area (Å²) in [5, 5.41) is 18.5. The highest BCUT2D eigenvalue weighted by Crippen LogP contribution is 2.28. The number of hydrogen-bond acceptors (Lipinski definition) is 5. The van der Waals surface area contributed by atoms with Gasteiger partial charge in [-0.15, -0.1) is 45.5 Å². The van der Waals surface area contributed by atoms with Crippen molar-refractivity contribution >= 4 is 53.0 Å². The summed E-state index contributed by atoms with van der Waals surface area (Å²) in [6.45, 7) is 5.63. The number of hydrogen-bond donors (Lipinski definition) is 2. The second-order valence-electron chi connectivity index (χ2n) is 7.23. The molecule has 0 radical (unpaired) electrons. The number of guanidine groups is 1. The van der Waals surface area contributed by atoms with Crippen LogP contribution in [0.5, 0.6) is 0 Å². The van der Waals surface area contributed by atoms with Crippen molar-refractivity contribution in [2.75, 3.05) is 12.3 Å². The fourth-order valence-electron chi connectivity index (χ4n) is 3.51. The number of nitrogens with zero attached hydrogens (tertiary/aromatic N) is 4. The Morgan fingerprint density at radius 1 is 1.38 bits per heavy atom. The van der Waals surface area contributed by atoms with E-state index in [1.54, 1.807) is 11.3 Å². The number of nitrogens with one attached hydrogen (secondary N) is 2. The van der Waals surface area contributed by atoms with Gasteiger partial charge in [0.2, 0.25) is 0 Å². The van der Waals surface area contributed by atoms with E-state index in [0.29, 0.717) is 12.6 Å². The highest BCUT2D eigenvalue weighted by molar-refractivity contribution is 14.0. The minimum Gasteiger partial charge on any atom is -0.356 e. The lowest BCUT2D eigenvalue weighted by molar-refractivity contribution is 0.418. The lowest BCUT2D eigenvalue weighted by Crippen LogP contribution is -2.46. The third-order valence-corrected chi connectivity index (χ3v) is 7.34. The first-order valence-corrected chi connectivity index (χ1v) is 12.1. The molecule has 2 atom stereocenters. The zero-order chi connectivity index (χ0) is 19.8. The van der Waals surface area contributed by atoms with Crippen LogP contribution in [0.3, 0.4) is 0 Å². The minimum absolute atomic E-state index is 0. The first-order chi connectivity index (χ1) is 13.7. The van der Waals surface area contributed by atoms with Gasteiger partial charge in [-0.05, 0) is 49.8 Å². The molecule has 2 N–H and O–H groups in total. The molecular weight excluding hydrogens is 515 g/mol. The Morgan fingerprint density at radius 3 is 2.93 bits per heavy atom. The molecule has 0 bridgehead atoms. The molecule has 0 aliphatic heterocycles. The lowest BCUT2D eigenvalue weighted by Gasteiger charge is -2.30. The van der Waals surface area contributed by atoms with E-state index in [0.717, 1.165) is 35.8 Å². The molecule has 3 rings (SSSR count). The van der Waals surface area contributed by atoms with Crippen molar-refractivity contribution < 1.29 is 0 Å². The molecule has 0 aromatic carbocycles. The summed E-state index contributed by atoms with van der Waals surface area (Å²) in [7, 11) is 1.99. The van der Waals surface area contributed by atoms with Crippen LogP contribution in [0.15, 0.2) is 22.5 Å². The molecule has 2 unspecified atom stereocenters. The topological polar surface area (TPSA) is 67.1 Å². The fourth-order valence-corrected chi connectivity index (χ4v) is 5.39. The quantitative estimate of drug-likeness (QED) is 0.295. The molecule has 1 fully saturated rings. The van der Waals surface area contributed by atoms with Crippen LogP contribution >= 0.6 is 47.1 Å². The van der Waals surface area contributed by atoms with Gasteiger partial charge in [-0.1, -0.05) is 19.4 Å². The Hall–Kier alpha value is -0.810. The molecule has 1 saturated carbocycles. The van der Waals surface area contributed by atoms with Crippen LogP contribution in [0.4, 0.5) is 0 Å². The van der Waals surface area contributed by atoms with Gasteiger partial charge in [-0.3, -0.25) is 0 Å². The first-order valence-electron chi connectivity index (χ1n) is 10.2. The van der Waals surface area contributed by atoms with Crippen LogP contribution in [0.1, 0.15) is 49.1 Å². The predicted octanol–water partition coefficient (Wildman–Crippen LogP) is 4.15. The third-order valence-electron chi connectivity index (χ3n) is 5.17. The van der Waals surface area contributed by atoms with E-state index >= 15 is 0 Å². The Kier molecular flexibility index (Phi) is 10.8. The van der Waals surface area contributed by atoms with Crippen molar-refractivity contribution in [2.24, 2.45) is 12.0 Å². The average Bonchev–Trinajstić information content (AvgIpc) is 3.31. The van der Waals surface area contributed by atoms with Crippen LogP contribution in [-0.2, 0) is 20.0 Å². The number of thiophene rings is 1. The van der Waals surface area contributed by atoms with Crippen molar-refractivity contribution in [3.8, 4) is 0 Å². The second kappa shape index (κ2) is 12.8. The van der Waals surface area contributed by atoms with Crippen LogP contribution < -0.4 is 10.6 Å². The normalized spacial score (nSPS) is 19.6. The molecule has 2 aromatic rings. The van der Waals surface area contributed by atoms with Crippen LogP contribution in [-0.4, -0.2) is 44.3 Å². The number of halogens is 1. The molecule has 6 nitrogen and oxygen atoms in total. The van der Waals surface area contributed by atoms with E-state index in [1.807, 2.05) is 18.5 Å². The molecule has 0 spiro atoms. The number of rotatable bonds is 8. The minimum atomic E-state index is 0. The standard InChI is InChI=1S/C20H32N6S2.HI/c1-4-27-18-8-5-7-16(13-18)23-20(21-11-10-17-9-6-12-28-17)22-14-19-25-24-15(2)26(19)3;/h6,9,12,16,18H,4-5,7-8,10-11,13-14H2,1-3H3,(H2,21,22,23);1H. The third kappa shape index (κ3) is 7.75. The molecule has 0 amide bonds. The van der Waals surface area contributed by atoms with Gasteiger partial charge in [-0.2, -0.15) is 11.8 Å². The van der Waals surface area contributed by atoms with Crippen LogP contribution in [0.2, 0.25) is 0 Å². The highest BCUT2D eigenvalue weighted by atomic mass is 127. The summed E-state index contributed by atoms with van der Waals surface area (Å²) >= 11 is 3.90. The predicted molar refractivity (Wildman–Crippen MR) is 136 cm³/mol. The zero-order valence-corrected chi connectivity index (χ0v) is 21.5. The number of aromatic nitrogens is 3. The highest BCUT2D eigenvalue weighted by Gasteiger charge is 2.22. The summed E-state index contributed by atoms with van der Waals surface area (Å²) in [6, 6.07) is 4.79. The Labute approximate surface area is 199 Å². The maximum absolute atomic E-state index is 4.82. The van der Waals surface area contributed by atoms with E-state index in [9.17, 15) is 0 Å². The summed E-state index contributed by atoms with van der Waals surface area (Å²) in [5.74, 6) is 3.89. The summed E-state index contributed by atoms with van der Waals surface area (Å²) < 4.78 is 2.00. The molecule has 2 heterocycles. The largest absolute Gasteiger partial charge is 0.356 e. The number of thioether (sulfide) groups is 1. The number of aliphatic imine (C=N–C) groups is 1. The summed E-state index contributed by atoms with van der Waals surface area (Å²) in [6.07, 6.45) is 6.08. The van der Waals surface area contributed by atoms with Gasteiger partial charge in [0.1, 0.15) is 12.4 Å². The smallest absolute Gasteiger partial charge is 0.191 e. The zero-order valence-electron chi connectivity index (χ0n) is 17.6. The molecule has 29 heavy (non-hydrogen) atoms. The Balaban J connectivity index is 0.00000300. The average molecular weight is 549 g/mol. The molecule has 2 aromatic heterocycles. The van der Waals surface area contributed by atoms with Crippen molar-refractivity contribution in [1.82, 2.24) is 25.4 Å². The van der Waals surface area contributed by atoms with Gasteiger partial charge in [0.05, 0.1) is 0 Å². The van der Waals surface area contributed by atoms with E-state index in [2.05, 4.69) is 57.0 Å². The number of aryl methyl sites for hydroxylation is 1. The molecule has 162 valence electrons. The lowest BCUT2D eigenvalue weighted by atomic mass is 9.95. The van der Waals surface area contributed by atoms with Gasteiger partial charge >= 0.3 is 0 Å². The Morgan fingerprint density at radius 2 is 2.24 bits per heavy atom. The maximum Gasteiger partial charge on any atom is 0.191 e. The SMILES string of the molecule is CCSC1CCCC(NC(=NCc2nnc(C)n2C)NCCc2cccs2)C1.I. The van der Waals surface area contributed by atoms with Crippen molar-refractivity contribution in [1.29, 1.82) is 0 Å². The van der Waals surface area contributed by atoms with Crippen molar-refractivity contribution in [3.63, 3.8) is 0 Å². The van der Waals surface area contributed by atoms with Crippen molar-refractivity contribution in [3.05, 3.63) is 34.0 Å². The second-order valence-corrected chi connectivity index (χ2v) is 9.84. The van der Waals surface area contributed by atoms with Crippen LogP contribution in [0, 0.1) is 6.92 Å². The van der Waals surface area contributed by atoms with Crippen molar-refractivity contribution in [2.45, 2.75) is 63.8 Å². The van der Waals surface area contributed by atoms with Gasteiger partial charge < -0.3 is 15.2 Å². The monoisotopic (exact) mass is 548 g/mol. The van der Waals surface area contributed by atoms with Gasteiger partial charge in [-0.25, -0.2) is 4.99 Å². The van der Waals surface area contributed by atoms with E-state index in [-0.39, 0.29) is 24.0 Å². The summed E-state index contributed by atoms with van der Waals surface area (Å²) in [5.41, 5.74) is 0. The van der Waals surface area contributed by atoms with Gasteiger partial charge in [0, 0.05) is 29.8 Å². The first kappa shape index (κ1) is 24.5. The summed E-state index contributed by atoms with van der Waals surface area (Å²) in [4.78, 5) is 6.22. The molecule has 9 heteroatoms. The maximum atomic E-state index is 4.82. The van der Waals surface area contributed by atoms with E-state index < -0.39 is 0 Å². The fraction of sp³-hybridized carbons (Fsp3) is 0.650. The molecular formula is C20H33IN6S2.